The van der Waals surface area contributed by atoms with Gasteiger partial charge in [-0.25, -0.2) is 0 Å². The van der Waals surface area contributed by atoms with Crippen molar-refractivity contribution in [3.05, 3.63) is 22.2 Å². The van der Waals surface area contributed by atoms with E-state index in [0.29, 0.717) is 16.8 Å². The number of aromatic hydroxyl groups is 1. The number of phenolic OH excluding ortho intramolecular Hbond substituents is 1. The lowest BCUT2D eigenvalue weighted by Gasteiger charge is -2.23. The Morgan fingerprint density at radius 3 is 3.08 bits per heavy atom. The van der Waals surface area contributed by atoms with Crippen LogP contribution < -0.4 is 10.5 Å². The highest BCUT2D eigenvalue weighted by Gasteiger charge is 2.21. The van der Waals surface area contributed by atoms with Crippen LogP contribution in [0.15, 0.2) is 16.6 Å². The molecular weight excluding hydrogens is 234 g/mol. The van der Waals surface area contributed by atoms with Gasteiger partial charge in [-0.1, -0.05) is 6.07 Å². The summed E-state index contributed by atoms with van der Waals surface area (Å²) in [4.78, 5) is 0. The average Bonchev–Trinajstić information content (AvgIpc) is 2.12. The standard InChI is InChI=1S/C9H10BrNO2/c10-6-2-1-5-7(11)3-4-13-9(5)8(6)12/h1-2,7,12H,3-4,11H2. The average molecular weight is 244 g/mol. The molecule has 2 rings (SSSR count). The van der Waals surface area contributed by atoms with Gasteiger partial charge in [-0.2, -0.15) is 0 Å². The van der Waals surface area contributed by atoms with Gasteiger partial charge >= 0.3 is 0 Å². The van der Waals surface area contributed by atoms with E-state index in [0.717, 1.165) is 12.0 Å². The van der Waals surface area contributed by atoms with Crippen LogP contribution in [-0.2, 0) is 0 Å². The van der Waals surface area contributed by atoms with E-state index in [2.05, 4.69) is 15.9 Å². The second-order valence-electron chi connectivity index (χ2n) is 3.06. The fourth-order valence-electron chi connectivity index (χ4n) is 1.45. The molecule has 0 spiro atoms. The molecule has 1 aliphatic rings. The molecule has 70 valence electrons. The number of halogens is 1. The molecule has 0 saturated heterocycles. The monoisotopic (exact) mass is 243 g/mol. The summed E-state index contributed by atoms with van der Waals surface area (Å²) in [6, 6.07) is 3.63. The summed E-state index contributed by atoms with van der Waals surface area (Å²) in [7, 11) is 0. The minimum absolute atomic E-state index is 0.0252. The van der Waals surface area contributed by atoms with E-state index < -0.39 is 0 Å². The van der Waals surface area contributed by atoms with Crippen molar-refractivity contribution in [3.63, 3.8) is 0 Å². The first kappa shape index (κ1) is 8.84. The Labute approximate surface area is 84.6 Å². The van der Waals surface area contributed by atoms with E-state index in [1.54, 1.807) is 6.07 Å². The molecule has 1 aliphatic heterocycles. The molecule has 3 N–H and O–H groups in total. The second-order valence-corrected chi connectivity index (χ2v) is 3.91. The Hall–Kier alpha value is -0.740. The molecule has 1 heterocycles. The first-order valence-corrected chi connectivity index (χ1v) is 4.89. The summed E-state index contributed by atoms with van der Waals surface area (Å²) >= 11 is 3.22. The van der Waals surface area contributed by atoms with Gasteiger partial charge in [0.05, 0.1) is 11.1 Å². The van der Waals surface area contributed by atoms with E-state index in [9.17, 15) is 5.11 Å². The van der Waals surface area contributed by atoms with E-state index in [1.807, 2.05) is 6.07 Å². The van der Waals surface area contributed by atoms with Crippen molar-refractivity contribution in [2.75, 3.05) is 6.61 Å². The topological polar surface area (TPSA) is 55.5 Å². The van der Waals surface area contributed by atoms with Crippen LogP contribution in [0.1, 0.15) is 18.0 Å². The summed E-state index contributed by atoms with van der Waals surface area (Å²) < 4.78 is 5.98. The third kappa shape index (κ3) is 1.40. The molecule has 1 aromatic rings. The molecule has 0 bridgehead atoms. The van der Waals surface area contributed by atoms with E-state index >= 15 is 0 Å². The Bertz CT molecular complexity index is 341. The molecule has 0 aromatic heterocycles. The summed E-state index contributed by atoms with van der Waals surface area (Å²) in [5.41, 5.74) is 6.74. The zero-order valence-electron chi connectivity index (χ0n) is 6.96. The van der Waals surface area contributed by atoms with Crippen LogP contribution in [0.3, 0.4) is 0 Å². The number of nitrogens with two attached hydrogens (primary N) is 1. The molecule has 3 nitrogen and oxygen atoms in total. The maximum atomic E-state index is 9.63. The highest BCUT2D eigenvalue weighted by molar-refractivity contribution is 9.10. The smallest absolute Gasteiger partial charge is 0.172 e. The van der Waals surface area contributed by atoms with Gasteiger partial charge in [0, 0.05) is 18.0 Å². The first-order valence-electron chi connectivity index (χ1n) is 4.10. The van der Waals surface area contributed by atoms with E-state index in [-0.39, 0.29) is 11.8 Å². The lowest BCUT2D eigenvalue weighted by molar-refractivity contribution is 0.255. The fourth-order valence-corrected chi connectivity index (χ4v) is 1.76. The van der Waals surface area contributed by atoms with Crippen molar-refractivity contribution >= 4 is 15.9 Å². The van der Waals surface area contributed by atoms with Crippen molar-refractivity contribution in [2.24, 2.45) is 5.73 Å². The molecule has 1 unspecified atom stereocenters. The van der Waals surface area contributed by atoms with Crippen molar-refractivity contribution in [3.8, 4) is 11.5 Å². The quantitative estimate of drug-likeness (QED) is 0.733. The van der Waals surface area contributed by atoms with Crippen molar-refractivity contribution in [1.29, 1.82) is 0 Å². The molecule has 0 amide bonds. The largest absolute Gasteiger partial charge is 0.503 e. The van der Waals surface area contributed by atoms with Gasteiger partial charge in [0.1, 0.15) is 0 Å². The Kier molecular flexibility index (Phi) is 2.17. The Balaban J connectivity index is 2.56. The molecule has 1 atom stereocenters. The van der Waals surface area contributed by atoms with Crippen LogP contribution in [0, 0.1) is 0 Å². The molecule has 13 heavy (non-hydrogen) atoms. The second kappa shape index (κ2) is 3.20. The van der Waals surface area contributed by atoms with Gasteiger partial charge in [-0.05, 0) is 22.0 Å². The summed E-state index contributed by atoms with van der Waals surface area (Å²) in [6.45, 7) is 0.568. The van der Waals surface area contributed by atoms with E-state index in [4.69, 9.17) is 10.5 Å². The van der Waals surface area contributed by atoms with Crippen molar-refractivity contribution in [1.82, 2.24) is 0 Å². The van der Waals surface area contributed by atoms with Crippen LogP contribution in [-0.4, -0.2) is 11.7 Å². The molecule has 0 saturated carbocycles. The number of ether oxygens (including phenoxy) is 1. The Morgan fingerprint density at radius 2 is 2.31 bits per heavy atom. The minimum atomic E-state index is -0.0252. The zero-order valence-corrected chi connectivity index (χ0v) is 8.54. The molecule has 1 aromatic carbocycles. The lowest BCUT2D eigenvalue weighted by Crippen LogP contribution is -2.20. The third-order valence-electron chi connectivity index (χ3n) is 2.19. The molecule has 0 fully saturated rings. The maximum absolute atomic E-state index is 9.63. The van der Waals surface area contributed by atoms with Gasteiger partial charge in [0.15, 0.2) is 11.5 Å². The summed E-state index contributed by atoms with van der Waals surface area (Å²) in [6.07, 6.45) is 0.800. The predicted molar refractivity (Wildman–Crippen MR) is 52.8 cm³/mol. The fraction of sp³-hybridized carbons (Fsp3) is 0.333. The first-order chi connectivity index (χ1) is 6.20. The van der Waals surface area contributed by atoms with Crippen molar-refractivity contribution in [2.45, 2.75) is 12.5 Å². The van der Waals surface area contributed by atoms with Crippen LogP contribution in [0.5, 0.6) is 11.5 Å². The molecule has 0 aliphatic carbocycles. The SMILES string of the molecule is NC1CCOc2c1ccc(Br)c2O. The normalized spacial score (nSPS) is 20.6. The summed E-state index contributed by atoms with van der Waals surface area (Å²) in [5.74, 6) is 0.667. The van der Waals surface area contributed by atoms with Crippen LogP contribution in [0.4, 0.5) is 0 Å². The van der Waals surface area contributed by atoms with Gasteiger partial charge in [0.25, 0.3) is 0 Å². The lowest BCUT2D eigenvalue weighted by atomic mass is 10.0. The number of fused-ring (bicyclic) bond motifs is 1. The number of benzene rings is 1. The molecule has 0 radical (unpaired) electrons. The third-order valence-corrected chi connectivity index (χ3v) is 2.83. The van der Waals surface area contributed by atoms with Gasteiger partial charge in [0.2, 0.25) is 0 Å². The number of rotatable bonds is 0. The summed E-state index contributed by atoms with van der Waals surface area (Å²) in [5, 5.41) is 9.63. The number of phenols is 1. The predicted octanol–water partition coefficient (Wildman–Crippen LogP) is 1.94. The minimum Gasteiger partial charge on any atom is -0.503 e. The number of hydrogen-bond donors (Lipinski definition) is 2. The van der Waals surface area contributed by atoms with E-state index in [1.165, 1.54) is 0 Å². The van der Waals surface area contributed by atoms with Gasteiger partial charge in [-0.15, -0.1) is 0 Å². The van der Waals surface area contributed by atoms with Gasteiger partial charge in [-0.3, -0.25) is 0 Å². The van der Waals surface area contributed by atoms with Crippen LogP contribution in [0.2, 0.25) is 0 Å². The molecular formula is C9H10BrNO2. The molecule has 4 heteroatoms. The van der Waals surface area contributed by atoms with Crippen molar-refractivity contribution < 1.29 is 9.84 Å². The highest BCUT2D eigenvalue weighted by atomic mass is 79.9. The van der Waals surface area contributed by atoms with Crippen LogP contribution >= 0.6 is 15.9 Å². The highest BCUT2D eigenvalue weighted by Crippen LogP contribution is 2.42. The van der Waals surface area contributed by atoms with Gasteiger partial charge < -0.3 is 15.6 Å². The zero-order chi connectivity index (χ0) is 9.42. The Morgan fingerprint density at radius 1 is 1.54 bits per heavy atom. The maximum Gasteiger partial charge on any atom is 0.172 e. The van der Waals surface area contributed by atoms with Crippen LogP contribution in [0.25, 0.3) is 0 Å². The number of hydrogen-bond acceptors (Lipinski definition) is 3.